The fourth-order valence-electron chi connectivity index (χ4n) is 0. The van der Waals surface area contributed by atoms with Gasteiger partial charge in [-0.05, 0) is 0 Å². The highest BCUT2D eigenvalue weighted by Gasteiger charge is 1.78. The average Bonchev–Trinajstić information content (AvgIpc) is 0.811. The quantitative estimate of drug-likeness (QED) is 0.492. The molecule has 0 fully saturated rings. The van der Waals surface area contributed by atoms with Gasteiger partial charge in [0.15, 0.2) is 4.30 Å². The minimum absolute atomic E-state index is 0. The maximum atomic E-state index is 4.81. The van der Waals surface area contributed by atoms with Crippen LogP contribution in [0.4, 0.5) is 0 Å². The number of alkyl halides is 3. The summed E-state index contributed by atoms with van der Waals surface area (Å²) >= 11 is 14.4. The van der Waals surface area contributed by atoms with E-state index in [1.165, 1.54) is 0 Å². The molecule has 0 rings (SSSR count). The van der Waals surface area contributed by atoms with Crippen LogP contribution in [-0.4, -0.2) is 4.30 Å². The molecule has 4 heteroatoms. The van der Waals surface area contributed by atoms with Crippen LogP contribution in [0.25, 0.3) is 0 Å². The lowest BCUT2D eigenvalue weighted by Gasteiger charge is -1.69. The van der Waals surface area contributed by atoms with Crippen LogP contribution < -0.4 is 0 Å². The van der Waals surface area contributed by atoms with Gasteiger partial charge in [-0.15, -0.1) is 12.4 Å². The Labute approximate surface area is 59.2 Å². The Morgan fingerprint density at radius 2 is 1.00 bits per heavy atom. The first-order chi connectivity index (χ1) is 1.73. The van der Waals surface area contributed by atoms with Crippen LogP contribution in [0.5, 0.6) is 0 Å². The molecule has 0 aliphatic heterocycles. The Morgan fingerprint density at radius 3 is 1.00 bits per heavy atom. The van der Waals surface area contributed by atoms with Crippen molar-refractivity contribution < 1.29 is 0 Å². The van der Waals surface area contributed by atoms with Gasteiger partial charge >= 0.3 is 0 Å². The third-order valence-electron chi connectivity index (χ3n) is 0. The summed E-state index contributed by atoms with van der Waals surface area (Å²) < 4.78 is -0.750. The van der Waals surface area contributed by atoms with Gasteiger partial charge in [0.1, 0.15) is 0 Å². The van der Waals surface area contributed by atoms with Crippen LogP contribution in [0.1, 0.15) is 7.43 Å². The second-order valence-electron chi connectivity index (χ2n) is 0.247. The van der Waals surface area contributed by atoms with Crippen molar-refractivity contribution in [2.24, 2.45) is 0 Å². The molecule has 42 valence electrons. The van der Waals surface area contributed by atoms with Crippen LogP contribution in [0, 0.1) is 0 Å². The van der Waals surface area contributed by atoms with Gasteiger partial charge in [-0.2, -0.15) is 0 Å². The van der Waals surface area contributed by atoms with E-state index in [1.54, 1.807) is 0 Å². The zero-order valence-electron chi connectivity index (χ0n) is 2.12. The molecule has 0 saturated carbocycles. The number of halogens is 4. The van der Waals surface area contributed by atoms with E-state index in [2.05, 4.69) is 0 Å². The fourth-order valence-corrected chi connectivity index (χ4v) is 0. The summed E-state index contributed by atoms with van der Waals surface area (Å²) in [5.74, 6) is 0. The second-order valence-corrected chi connectivity index (χ2v) is 2.23. The standard InChI is InChI=1S/CHCl3.CH4.ClH/c2-1(3)4;;/h1H;1H4;1H. The summed E-state index contributed by atoms with van der Waals surface area (Å²) in [6, 6.07) is 0. The lowest BCUT2D eigenvalue weighted by Crippen LogP contribution is -1.55. The van der Waals surface area contributed by atoms with Gasteiger partial charge in [0.2, 0.25) is 0 Å². The molecule has 0 unspecified atom stereocenters. The van der Waals surface area contributed by atoms with E-state index < -0.39 is 4.30 Å². The molecule has 0 aliphatic carbocycles. The molecule has 0 atom stereocenters. The monoisotopic (exact) mass is 170 g/mol. The minimum atomic E-state index is -0.750. The zero-order valence-corrected chi connectivity index (χ0v) is 5.20. The van der Waals surface area contributed by atoms with E-state index >= 15 is 0 Å². The molecule has 0 aromatic carbocycles. The molecule has 0 aromatic heterocycles. The van der Waals surface area contributed by atoms with Crippen molar-refractivity contribution in [3.8, 4) is 0 Å². The first-order valence-electron chi connectivity index (χ1n) is 0.655. The molecule has 0 saturated heterocycles. The molecule has 0 amide bonds. The first kappa shape index (κ1) is 15.7. The molecule has 0 nitrogen and oxygen atoms in total. The van der Waals surface area contributed by atoms with Crippen LogP contribution in [0.15, 0.2) is 0 Å². The number of hydrogen-bond donors (Lipinski definition) is 0. The maximum absolute atomic E-state index is 4.81. The van der Waals surface area contributed by atoms with Gasteiger partial charge in [0.25, 0.3) is 0 Å². The lowest BCUT2D eigenvalue weighted by molar-refractivity contribution is 1.96. The van der Waals surface area contributed by atoms with Crippen LogP contribution in [-0.2, 0) is 0 Å². The summed E-state index contributed by atoms with van der Waals surface area (Å²) in [4.78, 5) is 0. The van der Waals surface area contributed by atoms with E-state index in [0.29, 0.717) is 0 Å². The maximum Gasteiger partial charge on any atom is 0.180 e. The van der Waals surface area contributed by atoms with Gasteiger partial charge in [-0.1, -0.05) is 42.2 Å². The Morgan fingerprint density at radius 1 is 1.00 bits per heavy atom. The van der Waals surface area contributed by atoms with E-state index in [9.17, 15) is 0 Å². The SMILES string of the molecule is C.Cl.ClC(Cl)Cl. The van der Waals surface area contributed by atoms with E-state index in [1.807, 2.05) is 0 Å². The van der Waals surface area contributed by atoms with Crippen molar-refractivity contribution in [3.05, 3.63) is 0 Å². The molecule has 0 aliphatic rings. The van der Waals surface area contributed by atoms with Crippen molar-refractivity contribution in [2.75, 3.05) is 0 Å². The average molecular weight is 172 g/mol. The summed E-state index contributed by atoms with van der Waals surface area (Å²) in [6.45, 7) is 0. The first-order valence-corrected chi connectivity index (χ1v) is 1.96. The highest BCUT2D eigenvalue weighted by molar-refractivity contribution is 6.63. The van der Waals surface area contributed by atoms with Crippen molar-refractivity contribution in [1.82, 2.24) is 0 Å². The highest BCUT2D eigenvalue weighted by Crippen LogP contribution is 2.03. The van der Waals surface area contributed by atoms with Crippen LogP contribution in [0.3, 0.4) is 0 Å². The zero-order chi connectivity index (χ0) is 3.58. The van der Waals surface area contributed by atoms with Gasteiger partial charge in [0.05, 0.1) is 0 Å². The lowest BCUT2D eigenvalue weighted by atomic mass is 11.9. The van der Waals surface area contributed by atoms with Gasteiger partial charge in [-0.25, -0.2) is 0 Å². The summed E-state index contributed by atoms with van der Waals surface area (Å²) in [5.41, 5.74) is 0. The minimum Gasteiger partial charge on any atom is -0.147 e. The number of rotatable bonds is 0. The predicted octanol–water partition coefficient (Wildman–Crippen LogP) is 3.04. The largest absolute Gasteiger partial charge is 0.180 e. The highest BCUT2D eigenvalue weighted by atomic mass is 35.6. The molecule has 0 radical (unpaired) electrons. The summed E-state index contributed by atoms with van der Waals surface area (Å²) in [7, 11) is 0. The number of hydrogen-bond acceptors (Lipinski definition) is 0. The van der Waals surface area contributed by atoms with Crippen molar-refractivity contribution >= 4 is 47.2 Å². The molecule has 0 heterocycles. The van der Waals surface area contributed by atoms with Crippen molar-refractivity contribution in [1.29, 1.82) is 0 Å². The summed E-state index contributed by atoms with van der Waals surface area (Å²) in [5, 5.41) is 0. The predicted molar refractivity (Wildman–Crippen MR) is 35.3 cm³/mol. The Kier molecular flexibility index (Phi) is 24.8. The third kappa shape index (κ3) is 66.4. The van der Waals surface area contributed by atoms with Crippen molar-refractivity contribution in [2.45, 2.75) is 11.7 Å². The molecule has 6 heavy (non-hydrogen) atoms. The topological polar surface area (TPSA) is 0 Å². The van der Waals surface area contributed by atoms with E-state index in [4.69, 9.17) is 34.8 Å². The van der Waals surface area contributed by atoms with E-state index in [0.717, 1.165) is 0 Å². The van der Waals surface area contributed by atoms with Gasteiger partial charge < -0.3 is 0 Å². The Hall–Kier alpha value is 1.16. The molecule has 0 aromatic rings. The molecule has 0 spiro atoms. The molecule has 0 bridgehead atoms. The molecular weight excluding hydrogens is 166 g/mol. The second kappa shape index (κ2) is 9.48. The molecule has 0 N–H and O–H groups in total. The van der Waals surface area contributed by atoms with Gasteiger partial charge in [0, 0.05) is 0 Å². The van der Waals surface area contributed by atoms with E-state index in [-0.39, 0.29) is 19.8 Å². The fraction of sp³-hybridized carbons (Fsp3) is 1.00. The summed E-state index contributed by atoms with van der Waals surface area (Å²) in [6.07, 6.45) is 0. The third-order valence-corrected chi connectivity index (χ3v) is 0. The normalized spacial score (nSPS) is 6.00. The van der Waals surface area contributed by atoms with Crippen molar-refractivity contribution in [3.63, 3.8) is 0 Å². The Bertz CT molecular complexity index is 10.3. The smallest absolute Gasteiger partial charge is 0.147 e. The van der Waals surface area contributed by atoms with Gasteiger partial charge in [-0.3, -0.25) is 0 Å². The Balaban J connectivity index is -0.0000000450. The molecular formula is C2H6Cl4. The van der Waals surface area contributed by atoms with Crippen LogP contribution >= 0.6 is 47.2 Å². The van der Waals surface area contributed by atoms with Crippen LogP contribution in [0.2, 0.25) is 0 Å².